The Bertz CT molecular complexity index is 2460. The highest BCUT2D eigenvalue weighted by Crippen LogP contribution is 2.51. The number of aryl methyl sites for hydroxylation is 2. The van der Waals surface area contributed by atoms with Gasteiger partial charge >= 0.3 is 0 Å². The largest absolute Gasteiger partial charge is 0.310 e. The number of hydrogen-bond donors (Lipinski definition) is 0. The molecule has 2 nitrogen and oxygen atoms in total. The van der Waals surface area contributed by atoms with Crippen LogP contribution in [0, 0.1) is 13.8 Å². The molecule has 9 aromatic rings. The second-order valence-corrected chi connectivity index (χ2v) is 13.7. The van der Waals surface area contributed by atoms with Crippen LogP contribution in [0.2, 0.25) is 0 Å². The van der Waals surface area contributed by atoms with Gasteiger partial charge in [0.05, 0.1) is 11.4 Å². The van der Waals surface area contributed by atoms with E-state index in [1.165, 1.54) is 75.6 Å². The van der Waals surface area contributed by atoms with Crippen molar-refractivity contribution < 1.29 is 0 Å². The Morgan fingerprint density at radius 3 is 1.10 bits per heavy atom. The minimum absolute atomic E-state index is 1.15. The quantitative estimate of drug-likeness (QED) is 0.177. The van der Waals surface area contributed by atoms with Crippen molar-refractivity contribution >= 4 is 87.2 Å². The first-order chi connectivity index (χ1) is 24.2. The fourth-order valence-electron chi connectivity index (χ4n) is 7.43. The van der Waals surface area contributed by atoms with E-state index in [1.54, 1.807) is 0 Å². The number of thiophene rings is 1. The van der Waals surface area contributed by atoms with Crippen molar-refractivity contribution in [3.8, 4) is 0 Å². The predicted molar refractivity (Wildman–Crippen MR) is 213 cm³/mol. The van der Waals surface area contributed by atoms with Gasteiger partial charge in [-0.1, -0.05) is 121 Å². The normalized spacial score (nSPS) is 11.5. The lowest BCUT2D eigenvalue weighted by molar-refractivity contribution is 1.26. The Kier molecular flexibility index (Phi) is 7.14. The van der Waals surface area contributed by atoms with Crippen LogP contribution in [0.5, 0.6) is 0 Å². The molecule has 0 spiro atoms. The molecule has 0 fully saturated rings. The molecule has 0 radical (unpaired) electrons. The van der Waals surface area contributed by atoms with Crippen molar-refractivity contribution in [1.29, 1.82) is 0 Å². The number of hydrogen-bond acceptors (Lipinski definition) is 3. The van der Waals surface area contributed by atoms with Gasteiger partial charge < -0.3 is 9.80 Å². The maximum absolute atomic E-state index is 2.43. The second-order valence-electron chi connectivity index (χ2n) is 12.6. The maximum Gasteiger partial charge on any atom is 0.0554 e. The van der Waals surface area contributed by atoms with Crippen LogP contribution >= 0.6 is 11.3 Å². The number of para-hydroxylation sites is 4. The number of rotatable bonds is 6. The van der Waals surface area contributed by atoms with Gasteiger partial charge in [-0.15, -0.1) is 11.3 Å². The van der Waals surface area contributed by atoms with Gasteiger partial charge in [0.2, 0.25) is 0 Å². The van der Waals surface area contributed by atoms with Gasteiger partial charge in [-0.3, -0.25) is 0 Å². The standard InChI is InChI=1S/C46H34N2S/c1-31-17-9-15-27-39(31)47(33-19-5-3-6-20-33)41-29-43-45(37-25-13-11-23-35(37)41)46-38-26-14-12-24-36(38)42(30-44(46)49-43)48(34-21-7-4-8-22-34)40-28-16-10-18-32(40)2/h3-30H,1-2H3. The van der Waals surface area contributed by atoms with Gasteiger partial charge in [0.25, 0.3) is 0 Å². The average molecular weight is 647 g/mol. The number of fused-ring (bicyclic) bond motifs is 7. The Morgan fingerprint density at radius 1 is 0.347 bits per heavy atom. The molecule has 0 amide bonds. The lowest BCUT2D eigenvalue weighted by Crippen LogP contribution is -2.11. The van der Waals surface area contributed by atoms with Crippen molar-refractivity contribution in [1.82, 2.24) is 0 Å². The van der Waals surface area contributed by atoms with Crippen molar-refractivity contribution in [3.05, 3.63) is 181 Å². The molecule has 1 aromatic heterocycles. The molecule has 0 N–H and O–H groups in total. The molecule has 9 rings (SSSR count). The van der Waals surface area contributed by atoms with E-state index in [0.717, 1.165) is 11.4 Å². The lowest BCUT2D eigenvalue weighted by Gasteiger charge is -2.29. The van der Waals surface area contributed by atoms with Crippen LogP contribution in [0.3, 0.4) is 0 Å². The number of benzene rings is 8. The summed E-state index contributed by atoms with van der Waals surface area (Å²) in [6.07, 6.45) is 0. The topological polar surface area (TPSA) is 6.48 Å². The molecule has 0 unspecified atom stereocenters. The number of nitrogens with zero attached hydrogens (tertiary/aromatic N) is 2. The highest BCUT2D eigenvalue weighted by atomic mass is 32.1. The van der Waals surface area contributed by atoms with Crippen molar-refractivity contribution in [3.63, 3.8) is 0 Å². The average Bonchev–Trinajstić information content (AvgIpc) is 3.53. The molecular weight excluding hydrogens is 613 g/mol. The molecule has 0 aliphatic carbocycles. The van der Waals surface area contributed by atoms with E-state index in [9.17, 15) is 0 Å². The van der Waals surface area contributed by atoms with Gasteiger partial charge in [0.15, 0.2) is 0 Å². The zero-order valence-corrected chi connectivity index (χ0v) is 28.3. The molecular formula is C46H34N2S. The van der Waals surface area contributed by atoms with Crippen LogP contribution in [-0.2, 0) is 0 Å². The third-order valence-corrected chi connectivity index (χ3v) is 10.8. The van der Waals surface area contributed by atoms with E-state index in [4.69, 9.17) is 0 Å². The fourth-order valence-corrected chi connectivity index (χ4v) is 8.63. The molecule has 0 saturated carbocycles. The molecule has 234 valence electrons. The van der Waals surface area contributed by atoms with E-state index in [-0.39, 0.29) is 0 Å². The minimum atomic E-state index is 1.15. The Labute approximate surface area is 290 Å². The van der Waals surface area contributed by atoms with Gasteiger partial charge in [0.1, 0.15) is 0 Å². The molecule has 3 heteroatoms. The van der Waals surface area contributed by atoms with Gasteiger partial charge in [-0.25, -0.2) is 0 Å². The summed E-state index contributed by atoms with van der Waals surface area (Å²) in [6.45, 7) is 4.40. The molecule has 1 heterocycles. The summed E-state index contributed by atoms with van der Waals surface area (Å²) in [7, 11) is 0. The van der Waals surface area contributed by atoms with Crippen LogP contribution in [-0.4, -0.2) is 0 Å². The van der Waals surface area contributed by atoms with Crippen molar-refractivity contribution in [2.45, 2.75) is 13.8 Å². The van der Waals surface area contributed by atoms with Crippen LogP contribution in [0.15, 0.2) is 170 Å². The third kappa shape index (κ3) is 4.85. The first-order valence-electron chi connectivity index (χ1n) is 16.8. The molecule has 0 atom stereocenters. The molecule has 0 bridgehead atoms. The van der Waals surface area contributed by atoms with Crippen molar-refractivity contribution in [2.75, 3.05) is 9.80 Å². The third-order valence-electron chi connectivity index (χ3n) is 9.67. The van der Waals surface area contributed by atoms with Crippen LogP contribution in [0.1, 0.15) is 11.1 Å². The molecule has 0 aliphatic rings. The first kappa shape index (κ1) is 29.3. The highest BCUT2D eigenvalue weighted by Gasteiger charge is 2.23. The summed E-state index contributed by atoms with van der Waals surface area (Å²) in [5.41, 5.74) is 9.50. The van der Waals surface area contributed by atoms with Crippen LogP contribution in [0.4, 0.5) is 34.1 Å². The van der Waals surface area contributed by atoms with E-state index in [2.05, 4.69) is 194 Å². The Hall–Kier alpha value is -5.90. The first-order valence-corrected chi connectivity index (χ1v) is 17.6. The fraction of sp³-hybridized carbons (Fsp3) is 0.0435. The highest BCUT2D eigenvalue weighted by molar-refractivity contribution is 7.26. The van der Waals surface area contributed by atoms with E-state index in [0.29, 0.717) is 0 Å². The monoisotopic (exact) mass is 646 g/mol. The van der Waals surface area contributed by atoms with Crippen molar-refractivity contribution in [2.24, 2.45) is 0 Å². The van der Waals surface area contributed by atoms with E-state index < -0.39 is 0 Å². The Balaban J connectivity index is 1.38. The minimum Gasteiger partial charge on any atom is -0.310 e. The summed E-state index contributed by atoms with van der Waals surface area (Å²) < 4.78 is 2.56. The van der Waals surface area contributed by atoms with E-state index in [1.807, 2.05) is 11.3 Å². The Morgan fingerprint density at radius 2 is 0.694 bits per heavy atom. The van der Waals surface area contributed by atoms with E-state index >= 15 is 0 Å². The zero-order chi connectivity index (χ0) is 32.9. The summed E-state index contributed by atoms with van der Waals surface area (Å²) in [4.78, 5) is 4.86. The SMILES string of the molecule is Cc1ccccc1N(c1ccccc1)c1cc2sc3cc(N(c4ccccc4)c4ccccc4C)c4ccccc4c3c2c2ccccc12. The number of anilines is 6. The lowest BCUT2D eigenvalue weighted by atomic mass is 9.96. The summed E-state index contributed by atoms with van der Waals surface area (Å²) in [6, 6.07) is 61.6. The van der Waals surface area contributed by atoms with Gasteiger partial charge in [-0.05, 0) is 84.3 Å². The summed E-state index contributed by atoms with van der Waals surface area (Å²) >= 11 is 1.89. The second kappa shape index (κ2) is 12.0. The molecule has 0 aliphatic heterocycles. The molecule has 0 saturated heterocycles. The summed E-state index contributed by atoms with van der Waals surface area (Å²) in [5.74, 6) is 0. The van der Waals surface area contributed by atoms with Crippen LogP contribution in [0.25, 0.3) is 41.7 Å². The van der Waals surface area contributed by atoms with Gasteiger partial charge in [0, 0.05) is 53.7 Å². The van der Waals surface area contributed by atoms with Crippen LogP contribution < -0.4 is 9.80 Å². The molecule has 49 heavy (non-hydrogen) atoms. The maximum atomic E-state index is 2.43. The zero-order valence-electron chi connectivity index (χ0n) is 27.5. The smallest absolute Gasteiger partial charge is 0.0554 e. The molecule has 8 aromatic carbocycles. The van der Waals surface area contributed by atoms with Gasteiger partial charge in [-0.2, -0.15) is 0 Å². The summed E-state index contributed by atoms with van der Waals surface area (Å²) in [5, 5.41) is 7.66. The predicted octanol–water partition coefficient (Wildman–Crippen LogP) is 13.9.